The molecule has 0 aromatic rings. The number of amides is 2. The van der Waals surface area contributed by atoms with Crippen LogP contribution in [0.15, 0.2) is 0 Å². The van der Waals surface area contributed by atoms with Gasteiger partial charge in [0, 0.05) is 6.42 Å². The fourth-order valence-electron chi connectivity index (χ4n) is 4.49. The normalized spacial score (nSPS) is 31.6. The molecule has 2 amide bonds. The third-order valence-corrected chi connectivity index (χ3v) is 5.80. The number of rotatable bonds is 7. The highest BCUT2D eigenvalue weighted by atomic mass is 16.9. The second kappa shape index (κ2) is 10.6. The summed E-state index contributed by atoms with van der Waals surface area (Å²) in [4.78, 5) is 38.1. The summed E-state index contributed by atoms with van der Waals surface area (Å²) in [6.45, 7) is 17.2. The number of esters is 1. The molecule has 3 heterocycles. The van der Waals surface area contributed by atoms with Crippen LogP contribution in [0.4, 0.5) is 4.79 Å². The lowest BCUT2D eigenvalue weighted by molar-refractivity contribution is -0.236. The van der Waals surface area contributed by atoms with E-state index in [2.05, 4.69) is 10.6 Å². The van der Waals surface area contributed by atoms with Crippen LogP contribution in [-0.2, 0) is 42.7 Å². The summed E-state index contributed by atoms with van der Waals surface area (Å²) in [6.07, 6.45) is -4.19. The zero-order valence-electron chi connectivity index (χ0n) is 23.4. The average molecular weight is 531 g/mol. The molecule has 0 spiro atoms. The van der Waals surface area contributed by atoms with Crippen molar-refractivity contribution in [2.45, 2.75) is 142 Å². The summed E-state index contributed by atoms with van der Waals surface area (Å²) in [5.74, 6) is -3.03. The molecule has 3 aliphatic rings. The van der Waals surface area contributed by atoms with E-state index >= 15 is 0 Å². The van der Waals surface area contributed by atoms with Crippen LogP contribution in [0.3, 0.4) is 0 Å². The number of nitrogens with one attached hydrogen (secondary N) is 2. The first-order valence-electron chi connectivity index (χ1n) is 12.7. The van der Waals surface area contributed by atoms with E-state index in [1.807, 2.05) is 0 Å². The highest BCUT2D eigenvalue weighted by molar-refractivity contribution is 5.89. The molecule has 7 atom stereocenters. The van der Waals surface area contributed by atoms with Crippen LogP contribution in [0.25, 0.3) is 0 Å². The van der Waals surface area contributed by atoms with Gasteiger partial charge < -0.3 is 43.8 Å². The topological polar surface area (TPSA) is 140 Å². The van der Waals surface area contributed by atoms with E-state index in [0.29, 0.717) is 0 Å². The Morgan fingerprint density at radius 2 is 1.43 bits per heavy atom. The first-order valence-corrected chi connectivity index (χ1v) is 12.7. The van der Waals surface area contributed by atoms with E-state index in [4.69, 9.17) is 33.2 Å². The minimum absolute atomic E-state index is 0.0179. The Morgan fingerprint density at radius 1 is 0.865 bits per heavy atom. The minimum Gasteiger partial charge on any atom is -0.461 e. The molecule has 0 aromatic carbocycles. The first kappa shape index (κ1) is 29.6. The standard InChI is InChI=1S/C25H42N2O10/c1-12(2)31-20(29)14(27-19(28)13(3)26-22(30)37-23(4,5)6)11-15-16-17(34-24(7,8)33-16)18-21(32-15)36-25(9,10)35-18/h12-18,21H,11H2,1-10H3,(H,26,30)(H,27,28)/t13-,14-,15+,16-,17-,18+,21+/m0/s1. The summed E-state index contributed by atoms with van der Waals surface area (Å²) in [5, 5.41) is 5.16. The number of hydrogen-bond donors (Lipinski definition) is 2. The van der Waals surface area contributed by atoms with Gasteiger partial charge in [-0.1, -0.05) is 0 Å². The molecule has 12 nitrogen and oxygen atoms in total. The molecule has 0 bridgehead atoms. The molecule has 0 aromatic heterocycles. The van der Waals surface area contributed by atoms with Crippen LogP contribution in [0.1, 0.15) is 75.7 Å². The summed E-state index contributed by atoms with van der Waals surface area (Å²) < 4.78 is 41.0. The average Bonchev–Trinajstić information content (AvgIpc) is 3.19. The predicted molar refractivity (Wildman–Crippen MR) is 129 cm³/mol. The van der Waals surface area contributed by atoms with Crippen molar-refractivity contribution in [1.29, 1.82) is 0 Å². The third-order valence-electron chi connectivity index (χ3n) is 5.80. The Bertz CT molecular complexity index is 868. The minimum atomic E-state index is -1.09. The highest BCUT2D eigenvalue weighted by Gasteiger charge is 2.61. The van der Waals surface area contributed by atoms with Crippen LogP contribution < -0.4 is 10.6 Å². The van der Waals surface area contributed by atoms with Gasteiger partial charge in [0.2, 0.25) is 5.91 Å². The summed E-state index contributed by atoms with van der Waals surface area (Å²) in [6, 6.07) is -2.08. The second-order valence-corrected chi connectivity index (χ2v) is 11.9. The molecule has 212 valence electrons. The van der Waals surface area contributed by atoms with Gasteiger partial charge in [0.15, 0.2) is 17.9 Å². The number of carbonyl (C=O) groups excluding carboxylic acids is 3. The van der Waals surface area contributed by atoms with Gasteiger partial charge >= 0.3 is 12.1 Å². The Balaban J connectivity index is 1.75. The van der Waals surface area contributed by atoms with Crippen molar-refractivity contribution in [3.63, 3.8) is 0 Å². The number of fused-ring (bicyclic) bond motifs is 3. The van der Waals surface area contributed by atoms with Gasteiger partial charge in [-0.25, -0.2) is 9.59 Å². The van der Waals surface area contributed by atoms with Crippen molar-refractivity contribution in [3.05, 3.63) is 0 Å². The molecular formula is C25H42N2O10. The van der Waals surface area contributed by atoms with E-state index in [0.717, 1.165) is 0 Å². The van der Waals surface area contributed by atoms with Crippen molar-refractivity contribution in [3.8, 4) is 0 Å². The number of carbonyl (C=O) groups is 3. The number of ether oxygens (including phenoxy) is 7. The quantitative estimate of drug-likeness (QED) is 0.470. The predicted octanol–water partition coefficient (Wildman–Crippen LogP) is 2.12. The lowest BCUT2D eigenvalue weighted by Gasteiger charge is -2.38. The largest absolute Gasteiger partial charge is 0.461 e. The Hall–Kier alpha value is -1.99. The lowest BCUT2D eigenvalue weighted by Crippen LogP contribution is -2.58. The molecule has 0 radical (unpaired) electrons. The van der Waals surface area contributed by atoms with Crippen molar-refractivity contribution in [1.82, 2.24) is 10.6 Å². The van der Waals surface area contributed by atoms with E-state index < -0.39 is 84.0 Å². The van der Waals surface area contributed by atoms with Crippen LogP contribution >= 0.6 is 0 Å². The molecule has 3 rings (SSSR count). The van der Waals surface area contributed by atoms with Crippen molar-refractivity contribution < 1.29 is 47.5 Å². The van der Waals surface area contributed by atoms with Gasteiger partial charge in [-0.2, -0.15) is 0 Å². The fourth-order valence-corrected chi connectivity index (χ4v) is 4.49. The number of hydrogen-bond acceptors (Lipinski definition) is 10. The van der Waals surface area contributed by atoms with Gasteiger partial charge in [-0.3, -0.25) is 4.79 Å². The van der Waals surface area contributed by atoms with Gasteiger partial charge in [0.1, 0.15) is 36.0 Å². The molecule has 3 saturated heterocycles. The first-order chi connectivity index (χ1) is 16.9. The molecule has 3 fully saturated rings. The highest BCUT2D eigenvalue weighted by Crippen LogP contribution is 2.45. The summed E-state index contributed by atoms with van der Waals surface area (Å²) in [5.41, 5.74) is -0.728. The maximum absolute atomic E-state index is 13.0. The van der Waals surface area contributed by atoms with E-state index in [-0.39, 0.29) is 6.42 Å². The van der Waals surface area contributed by atoms with Gasteiger partial charge in [0.05, 0.1) is 12.2 Å². The van der Waals surface area contributed by atoms with Gasteiger partial charge in [0.25, 0.3) is 0 Å². The van der Waals surface area contributed by atoms with Crippen molar-refractivity contribution >= 4 is 18.0 Å². The molecule has 12 heteroatoms. The molecular weight excluding hydrogens is 488 g/mol. The Morgan fingerprint density at radius 3 is 2.03 bits per heavy atom. The van der Waals surface area contributed by atoms with Crippen molar-refractivity contribution in [2.24, 2.45) is 0 Å². The second-order valence-electron chi connectivity index (χ2n) is 11.9. The molecule has 2 N–H and O–H groups in total. The molecule has 37 heavy (non-hydrogen) atoms. The van der Waals surface area contributed by atoms with E-state index in [1.54, 1.807) is 62.3 Å². The van der Waals surface area contributed by atoms with Crippen LogP contribution in [0, 0.1) is 0 Å². The summed E-state index contributed by atoms with van der Waals surface area (Å²) in [7, 11) is 0. The van der Waals surface area contributed by atoms with Gasteiger partial charge in [-0.15, -0.1) is 0 Å². The maximum Gasteiger partial charge on any atom is 0.408 e. The molecule has 0 unspecified atom stereocenters. The van der Waals surface area contributed by atoms with Crippen LogP contribution in [0.5, 0.6) is 0 Å². The van der Waals surface area contributed by atoms with Crippen molar-refractivity contribution in [2.75, 3.05) is 0 Å². The Labute approximate surface area is 218 Å². The molecule has 3 aliphatic heterocycles. The third kappa shape index (κ3) is 7.76. The Kier molecular flexibility index (Phi) is 8.50. The maximum atomic E-state index is 13.0. The molecule has 0 aliphatic carbocycles. The monoisotopic (exact) mass is 530 g/mol. The van der Waals surface area contributed by atoms with Crippen LogP contribution in [-0.4, -0.2) is 84.0 Å². The zero-order valence-corrected chi connectivity index (χ0v) is 23.4. The SMILES string of the molecule is CC(C)OC(=O)[C@H](C[C@H]1O[C@@H]2OC(C)(C)O[C@@H]2[C@H]2OC(C)(C)O[C@H]21)NC(=O)[C@H](C)NC(=O)OC(C)(C)C. The fraction of sp³-hybridized carbons (Fsp3) is 0.880. The van der Waals surface area contributed by atoms with E-state index in [9.17, 15) is 14.4 Å². The lowest BCUT2D eigenvalue weighted by atomic mass is 9.94. The molecule has 0 saturated carbocycles. The zero-order chi connectivity index (χ0) is 27.9. The van der Waals surface area contributed by atoms with Gasteiger partial charge in [-0.05, 0) is 69.2 Å². The van der Waals surface area contributed by atoms with E-state index in [1.165, 1.54) is 6.92 Å². The summed E-state index contributed by atoms with van der Waals surface area (Å²) >= 11 is 0. The smallest absolute Gasteiger partial charge is 0.408 e. The number of alkyl carbamates (subject to hydrolysis) is 1. The van der Waals surface area contributed by atoms with Crippen LogP contribution in [0.2, 0.25) is 0 Å².